The summed E-state index contributed by atoms with van der Waals surface area (Å²) < 4.78 is 7.64. The molecule has 1 amide bonds. The first-order chi connectivity index (χ1) is 12.0. The van der Waals surface area contributed by atoms with E-state index in [9.17, 15) is 4.79 Å². The van der Waals surface area contributed by atoms with Crippen molar-refractivity contribution in [2.24, 2.45) is 12.5 Å². The van der Waals surface area contributed by atoms with E-state index in [0.717, 1.165) is 48.3 Å². The lowest BCUT2D eigenvalue weighted by atomic mass is 9.51. The number of nitrogens with zero attached hydrogens (tertiary/aromatic N) is 3. The first-order valence-electron chi connectivity index (χ1n) is 9.19. The third kappa shape index (κ3) is 2.38. The van der Waals surface area contributed by atoms with Crippen LogP contribution in [0.1, 0.15) is 54.4 Å². The minimum absolute atomic E-state index is 0.0159. The van der Waals surface area contributed by atoms with Gasteiger partial charge in [-0.25, -0.2) is 4.98 Å². The average molecular weight is 342 g/mol. The Labute approximate surface area is 147 Å². The first kappa shape index (κ1) is 16.5. The molecule has 25 heavy (non-hydrogen) atoms. The number of aromatic nitrogens is 3. The van der Waals surface area contributed by atoms with Gasteiger partial charge in [0.1, 0.15) is 0 Å². The standard InChI is InChI=1S/C19H26N4O2/c1-5-25-15-10-14(19(15)7-6-8-19)21-18(24)13-9-11(2)20-17-16(13)12(3)22-23(17)4/h9,14-15H,5-8,10H2,1-4H3,(H,21,24). The van der Waals surface area contributed by atoms with Gasteiger partial charge in [0.15, 0.2) is 5.65 Å². The second-order valence-electron chi connectivity index (χ2n) is 7.51. The van der Waals surface area contributed by atoms with Gasteiger partial charge in [-0.05, 0) is 46.1 Å². The molecule has 0 aromatic carbocycles. The molecule has 0 radical (unpaired) electrons. The molecular weight excluding hydrogens is 316 g/mol. The van der Waals surface area contributed by atoms with Gasteiger partial charge >= 0.3 is 0 Å². The van der Waals surface area contributed by atoms with Crippen LogP contribution in [-0.4, -0.2) is 39.4 Å². The van der Waals surface area contributed by atoms with Crippen molar-refractivity contribution in [2.75, 3.05) is 6.61 Å². The highest BCUT2D eigenvalue weighted by Gasteiger charge is 2.59. The van der Waals surface area contributed by atoms with Crippen LogP contribution in [0.25, 0.3) is 11.0 Å². The van der Waals surface area contributed by atoms with Crippen LogP contribution in [0, 0.1) is 19.3 Å². The first-order valence-corrected chi connectivity index (χ1v) is 9.19. The predicted molar refractivity (Wildman–Crippen MR) is 95.6 cm³/mol. The van der Waals surface area contributed by atoms with E-state index in [0.29, 0.717) is 11.7 Å². The number of carbonyl (C=O) groups excluding carboxylic acids is 1. The Kier molecular flexibility index (Phi) is 3.83. The highest BCUT2D eigenvalue weighted by Crippen LogP contribution is 2.57. The Morgan fingerprint density at radius 1 is 1.44 bits per heavy atom. The quantitative estimate of drug-likeness (QED) is 0.927. The molecule has 2 heterocycles. The summed E-state index contributed by atoms with van der Waals surface area (Å²) in [7, 11) is 1.87. The van der Waals surface area contributed by atoms with Crippen LogP contribution in [0.15, 0.2) is 6.07 Å². The van der Waals surface area contributed by atoms with E-state index < -0.39 is 0 Å². The Morgan fingerprint density at radius 2 is 2.20 bits per heavy atom. The molecule has 1 N–H and O–H groups in total. The summed E-state index contributed by atoms with van der Waals surface area (Å²) in [6.45, 7) is 6.63. The fourth-order valence-corrected chi connectivity index (χ4v) is 4.63. The van der Waals surface area contributed by atoms with Crippen molar-refractivity contribution in [2.45, 2.75) is 58.6 Å². The molecule has 2 aromatic heterocycles. The SMILES string of the molecule is CCOC1CC(NC(=O)c2cc(C)nc3c2c(C)nn3C)C12CCC2. The van der Waals surface area contributed by atoms with Gasteiger partial charge in [0.25, 0.3) is 5.91 Å². The van der Waals surface area contributed by atoms with Gasteiger partial charge in [-0.1, -0.05) is 6.42 Å². The molecule has 6 nitrogen and oxygen atoms in total. The van der Waals surface area contributed by atoms with Gasteiger partial charge in [-0.2, -0.15) is 5.10 Å². The second-order valence-corrected chi connectivity index (χ2v) is 7.51. The molecule has 2 fully saturated rings. The summed E-state index contributed by atoms with van der Waals surface area (Å²) in [5.41, 5.74) is 3.29. The summed E-state index contributed by atoms with van der Waals surface area (Å²) in [6, 6.07) is 2.09. The van der Waals surface area contributed by atoms with Crippen molar-refractivity contribution in [3.63, 3.8) is 0 Å². The van der Waals surface area contributed by atoms with Crippen molar-refractivity contribution in [3.8, 4) is 0 Å². The lowest BCUT2D eigenvalue weighted by molar-refractivity contribution is -0.169. The summed E-state index contributed by atoms with van der Waals surface area (Å²) in [5.74, 6) is -0.0159. The molecule has 0 bridgehead atoms. The number of hydrogen-bond donors (Lipinski definition) is 1. The number of carbonyl (C=O) groups is 1. The zero-order valence-corrected chi connectivity index (χ0v) is 15.4. The van der Waals surface area contributed by atoms with E-state index in [4.69, 9.17) is 4.74 Å². The number of fused-ring (bicyclic) bond motifs is 1. The third-order valence-corrected chi connectivity index (χ3v) is 6.08. The number of pyridine rings is 1. The Bertz CT molecular complexity index is 838. The highest BCUT2D eigenvalue weighted by molar-refractivity contribution is 6.06. The Hall–Kier alpha value is -1.95. The van der Waals surface area contributed by atoms with Crippen LogP contribution in [0.3, 0.4) is 0 Å². The van der Waals surface area contributed by atoms with Gasteiger partial charge in [0.2, 0.25) is 0 Å². The maximum Gasteiger partial charge on any atom is 0.252 e. The van der Waals surface area contributed by atoms with Gasteiger partial charge in [0, 0.05) is 30.8 Å². The van der Waals surface area contributed by atoms with Crippen molar-refractivity contribution >= 4 is 16.9 Å². The van der Waals surface area contributed by atoms with Crippen LogP contribution >= 0.6 is 0 Å². The van der Waals surface area contributed by atoms with E-state index in [1.807, 2.05) is 33.9 Å². The Morgan fingerprint density at radius 3 is 2.84 bits per heavy atom. The van der Waals surface area contributed by atoms with Crippen LogP contribution in [0.4, 0.5) is 0 Å². The molecule has 134 valence electrons. The minimum atomic E-state index is -0.0159. The lowest BCUT2D eigenvalue weighted by Crippen LogP contribution is -2.67. The molecule has 2 atom stereocenters. The fraction of sp³-hybridized carbons (Fsp3) is 0.632. The zero-order chi connectivity index (χ0) is 17.8. The summed E-state index contributed by atoms with van der Waals surface area (Å²) in [5, 5.41) is 8.58. The molecule has 2 aromatic rings. The largest absolute Gasteiger partial charge is 0.378 e. The van der Waals surface area contributed by atoms with Crippen LogP contribution in [-0.2, 0) is 11.8 Å². The van der Waals surface area contributed by atoms with Crippen molar-refractivity contribution in [1.29, 1.82) is 0 Å². The maximum atomic E-state index is 13.1. The maximum absolute atomic E-state index is 13.1. The topological polar surface area (TPSA) is 69.0 Å². The van der Waals surface area contributed by atoms with E-state index in [-0.39, 0.29) is 17.4 Å². The number of amides is 1. The molecule has 6 heteroatoms. The van der Waals surface area contributed by atoms with Crippen LogP contribution < -0.4 is 5.32 Å². The summed E-state index contributed by atoms with van der Waals surface area (Å²) in [4.78, 5) is 17.6. The summed E-state index contributed by atoms with van der Waals surface area (Å²) in [6.07, 6.45) is 4.75. The number of rotatable bonds is 4. The number of hydrogen-bond acceptors (Lipinski definition) is 4. The molecule has 0 aliphatic heterocycles. The van der Waals surface area contributed by atoms with Crippen molar-refractivity contribution < 1.29 is 9.53 Å². The monoisotopic (exact) mass is 342 g/mol. The molecule has 0 saturated heterocycles. The molecule has 2 aliphatic carbocycles. The molecule has 2 aliphatic rings. The van der Waals surface area contributed by atoms with Gasteiger partial charge < -0.3 is 10.1 Å². The lowest BCUT2D eigenvalue weighted by Gasteiger charge is -2.61. The smallest absolute Gasteiger partial charge is 0.252 e. The Balaban J connectivity index is 1.61. The number of ether oxygens (including phenoxy) is 1. The van der Waals surface area contributed by atoms with Crippen LogP contribution in [0.5, 0.6) is 0 Å². The predicted octanol–water partition coefficient (Wildman–Crippen LogP) is 2.66. The van der Waals surface area contributed by atoms with Gasteiger partial charge in [-0.15, -0.1) is 0 Å². The van der Waals surface area contributed by atoms with Crippen molar-refractivity contribution in [1.82, 2.24) is 20.1 Å². The molecular formula is C19H26N4O2. The fourth-order valence-electron chi connectivity index (χ4n) is 4.63. The highest BCUT2D eigenvalue weighted by atomic mass is 16.5. The third-order valence-electron chi connectivity index (χ3n) is 6.08. The van der Waals surface area contributed by atoms with Crippen molar-refractivity contribution in [3.05, 3.63) is 23.0 Å². The molecule has 1 spiro atoms. The minimum Gasteiger partial charge on any atom is -0.378 e. The van der Waals surface area contributed by atoms with E-state index in [2.05, 4.69) is 15.4 Å². The average Bonchev–Trinajstić information content (AvgIpc) is 2.78. The molecule has 2 saturated carbocycles. The van der Waals surface area contributed by atoms with Gasteiger partial charge in [0.05, 0.1) is 22.7 Å². The van der Waals surface area contributed by atoms with E-state index in [1.54, 1.807) is 4.68 Å². The summed E-state index contributed by atoms with van der Waals surface area (Å²) >= 11 is 0. The zero-order valence-electron chi connectivity index (χ0n) is 15.4. The second kappa shape index (κ2) is 5.80. The molecule has 4 rings (SSSR count). The van der Waals surface area contributed by atoms with E-state index >= 15 is 0 Å². The van der Waals surface area contributed by atoms with E-state index in [1.165, 1.54) is 6.42 Å². The number of nitrogens with one attached hydrogen (secondary N) is 1. The molecule has 2 unspecified atom stereocenters. The number of aryl methyl sites for hydroxylation is 3. The van der Waals surface area contributed by atoms with Crippen LogP contribution in [0.2, 0.25) is 0 Å². The normalized spacial score (nSPS) is 24.2. The van der Waals surface area contributed by atoms with Gasteiger partial charge in [-0.3, -0.25) is 9.48 Å².